The molecule has 6 heteroatoms. The van der Waals surface area contributed by atoms with E-state index in [4.69, 9.17) is 20.9 Å². The smallest absolute Gasteiger partial charge is 0.338 e. The third-order valence-electron chi connectivity index (χ3n) is 2.77. The molecule has 22 heavy (non-hydrogen) atoms. The predicted octanol–water partition coefficient (Wildman–Crippen LogP) is 1.86. The minimum absolute atomic E-state index is 0.0305. The second-order valence-electron chi connectivity index (χ2n) is 4.53. The van der Waals surface area contributed by atoms with Gasteiger partial charge in [0.05, 0.1) is 11.1 Å². The van der Waals surface area contributed by atoms with Gasteiger partial charge in [0.15, 0.2) is 0 Å². The van der Waals surface area contributed by atoms with Crippen LogP contribution < -0.4 is 11.5 Å². The molecule has 0 saturated carbocycles. The Morgan fingerprint density at radius 2 is 1.27 bits per heavy atom. The van der Waals surface area contributed by atoms with E-state index in [-0.39, 0.29) is 18.8 Å². The van der Waals surface area contributed by atoms with Gasteiger partial charge in [0.1, 0.15) is 13.2 Å². The number of hydrogen-bond donors (Lipinski definition) is 2. The lowest BCUT2D eigenvalue weighted by Gasteiger charge is -2.07. The average molecular weight is 300 g/mol. The van der Waals surface area contributed by atoms with Crippen molar-refractivity contribution in [2.45, 2.75) is 0 Å². The second-order valence-corrected chi connectivity index (χ2v) is 4.53. The van der Waals surface area contributed by atoms with Gasteiger partial charge in [0.25, 0.3) is 0 Å². The Morgan fingerprint density at radius 1 is 0.773 bits per heavy atom. The van der Waals surface area contributed by atoms with Gasteiger partial charge in [0, 0.05) is 11.4 Å². The van der Waals surface area contributed by atoms with E-state index in [1.165, 1.54) is 12.1 Å². The molecule has 0 aliphatic carbocycles. The summed E-state index contributed by atoms with van der Waals surface area (Å²) in [6, 6.07) is 13.0. The van der Waals surface area contributed by atoms with Crippen molar-refractivity contribution in [2.75, 3.05) is 24.7 Å². The van der Waals surface area contributed by atoms with E-state index in [9.17, 15) is 9.59 Å². The van der Waals surface area contributed by atoms with E-state index >= 15 is 0 Å². The van der Waals surface area contributed by atoms with E-state index < -0.39 is 11.9 Å². The third kappa shape index (κ3) is 4.24. The number of anilines is 2. The van der Waals surface area contributed by atoms with Crippen LogP contribution in [0.25, 0.3) is 0 Å². The predicted molar refractivity (Wildman–Crippen MR) is 82.3 cm³/mol. The van der Waals surface area contributed by atoms with Crippen LogP contribution in [0.4, 0.5) is 11.4 Å². The molecule has 0 atom stereocenters. The molecule has 0 saturated heterocycles. The van der Waals surface area contributed by atoms with Crippen LogP contribution in [0.1, 0.15) is 20.7 Å². The summed E-state index contributed by atoms with van der Waals surface area (Å²) in [4.78, 5) is 23.4. The number of nitrogen functional groups attached to an aromatic ring is 2. The first-order valence-corrected chi connectivity index (χ1v) is 6.61. The molecule has 0 fully saturated rings. The molecule has 0 radical (unpaired) electrons. The van der Waals surface area contributed by atoms with Crippen LogP contribution in [0.2, 0.25) is 0 Å². The van der Waals surface area contributed by atoms with Gasteiger partial charge < -0.3 is 20.9 Å². The molecular formula is C16H16N2O4. The number of benzene rings is 2. The second kappa shape index (κ2) is 7.12. The minimum Gasteiger partial charge on any atom is -0.458 e. The van der Waals surface area contributed by atoms with Crippen LogP contribution in [0.5, 0.6) is 0 Å². The van der Waals surface area contributed by atoms with Gasteiger partial charge in [-0.2, -0.15) is 0 Å². The molecule has 2 aromatic rings. The van der Waals surface area contributed by atoms with Crippen LogP contribution in [-0.4, -0.2) is 25.2 Å². The standard InChI is InChI=1S/C16H16N2O4/c17-13-8-12(9-14(18)10-13)16(20)22-7-6-21-15(19)11-4-2-1-3-5-11/h1-5,8-10H,6-7,17-18H2. The maximum absolute atomic E-state index is 11.8. The zero-order valence-corrected chi connectivity index (χ0v) is 11.8. The average Bonchev–Trinajstić information content (AvgIpc) is 2.51. The zero-order chi connectivity index (χ0) is 15.9. The van der Waals surface area contributed by atoms with Crippen molar-refractivity contribution < 1.29 is 19.1 Å². The molecule has 0 heterocycles. The van der Waals surface area contributed by atoms with Crippen molar-refractivity contribution in [1.29, 1.82) is 0 Å². The molecule has 0 aliphatic rings. The molecular weight excluding hydrogens is 284 g/mol. The van der Waals surface area contributed by atoms with Gasteiger partial charge >= 0.3 is 11.9 Å². The highest BCUT2D eigenvalue weighted by Crippen LogP contribution is 2.14. The Bertz CT molecular complexity index is 651. The molecule has 0 bridgehead atoms. The first kappa shape index (κ1) is 15.4. The number of ether oxygens (including phenoxy) is 2. The molecule has 2 aromatic carbocycles. The largest absolute Gasteiger partial charge is 0.458 e. The van der Waals surface area contributed by atoms with Crippen molar-refractivity contribution in [2.24, 2.45) is 0 Å². The fourth-order valence-electron chi connectivity index (χ4n) is 1.80. The first-order valence-electron chi connectivity index (χ1n) is 6.61. The number of nitrogens with two attached hydrogens (primary N) is 2. The normalized spacial score (nSPS) is 10.0. The molecule has 0 amide bonds. The van der Waals surface area contributed by atoms with Gasteiger partial charge in [-0.1, -0.05) is 18.2 Å². The van der Waals surface area contributed by atoms with Gasteiger partial charge in [-0.3, -0.25) is 0 Å². The van der Waals surface area contributed by atoms with Crippen LogP contribution in [-0.2, 0) is 9.47 Å². The summed E-state index contributed by atoms with van der Waals surface area (Å²) in [6.07, 6.45) is 0. The van der Waals surface area contributed by atoms with E-state index in [2.05, 4.69) is 0 Å². The van der Waals surface area contributed by atoms with Gasteiger partial charge in [-0.15, -0.1) is 0 Å². The number of carbonyl (C=O) groups is 2. The van der Waals surface area contributed by atoms with Crippen LogP contribution in [0.15, 0.2) is 48.5 Å². The Hall–Kier alpha value is -3.02. The molecule has 4 N–H and O–H groups in total. The van der Waals surface area contributed by atoms with Crippen molar-refractivity contribution in [3.63, 3.8) is 0 Å². The van der Waals surface area contributed by atoms with E-state index in [1.54, 1.807) is 36.4 Å². The topological polar surface area (TPSA) is 105 Å². The number of carbonyl (C=O) groups excluding carboxylic acids is 2. The lowest BCUT2D eigenvalue weighted by Crippen LogP contribution is -2.14. The summed E-state index contributed by atoms with van der Waals surface area (Å²) in [7, 11) is 0. The van der Waals surface area contributed by atoms with E-state index in [0.29, 0.717) is 16.9 Å². The Balaban J connectivity index is 1.79. The number of hydrogen-bond acceptors (Lipinski definition) is 6. The first-order chi connectivity index (χ1) is 10.6. The Kier molecular flexibility index (Phi) is 4.98. The summed E-state index contributed by atoms with van der Waals surface area (Å²) in [5, 5.41) is 0. The van der Waals surface area contributed by atoms with E-state index in [0.717, 1.165) is 0 Å². The molecule has 0 aliphatic heterocycles. The van der Waals surface area contributed by atoms with Crippen LogP contribution >= 0.6 is 0 Å². The summed E-state index contributed by atoms with van der Waals surface area (Å²) < 4.78 is 9.99. The lowest BCUT2D eigenvalue weighted by molar-refractivity contribution is 0.0266. The molecule has 6 nitrogen and oxygen atoms in total. The zero-order valence-electron chi connectivity index (χ0n) is 11.8. The summed E-state index contributed by atoms with van der Waals surface area (Å²) >= 11 is 0. The Labute approximate surface area is 127 Å². The quantitative estimate of drug-likeness (QED) is 0.496. The fourth-order valence-corrected chi connectivity index (χ4v) is 1.80. The van der Waals surface area contributed by atoms with Gasteiger partial charge in [-0.25, -0.2) is 9.59 Å². The maximum atomic E-state index is 11.8. The highest BCUT2D eigenvalue weighted by Gasteiger charge is 2.10. The maximum Gasteiger partial charge on any atom is 0.338 e. The van der Waals surface area contributed by atoms with Crippen molar-refractivity contribution in [3.05, 3.63) is 59.7 Å². The number of rotatable bonds is 5. The molecule has 114 valence electrons. The van der Waals surface area contributed by atoms with Crippen LogP contribution in [0, 0.1) is 0 Å². The molecule has 0 unspecified atom stereocenters. The SMILES string of the molecule is Nc1cc(N)cc(C(=O)OCCOC(=O)c2ccccc2)c1. The minimum atomic E-state index is -0.574. The van der Waals surface area contributed by atoms with Gasteiger partial charge in [-0.05, 0) is 30.3 Å². The third-order valence-corrected chi connectivity index (χ3v) is 2.77. The summed E-state index contributed by atoms with van der Waals surface area (Å²) in [6.45, 7) is -0.0800. The highest BCUT2D eigenvalue weighted by molar-refractivity contribution is 5.92. The number of esters is 2. The van der Waals surface area contributed by atoms with Crippen molar-refractivity contribution in [1.82, 2.24) is 0 Å². The fraction of sp³-hybridized carbons (Fsp3) is 0.125. The van der Waals surface area contributed by atoms with Crippen LogP contribution in [0.3, 0.4) is 0 Å². The Morgan fingerprint density at radius 3 is 1.82 bits per heavy atom. The monoisotopic (exact) mass is 300 g/mol. The lowest BCUT2D eigenvalue weighted by atomic mass is 10.2. The van der Waals surface area contributed by atoms with Crippen molar-refractivity contribution in [3.8, 4) is 0 Å². The van der Waals surface area contributed by atoms with Gasteiger partial charge in [0.2, 0.25) is 0 Å². The van der Waals surface area contributed by atoms with Crippen molar-refractivity contribution >= 4 is 23.3 Å². The highest BCUT2D eigenvalue weighted by atomic mass is 16.6. The summed E-state index contributed by atoms with van der Waals surface area (Å²) in [5.41, 5.74) is 12.7. The van der Waals surface area contributed by atoms with E-state index in [1.807, 2.05) is 0 Å². The molecule has 0 spiro atoms. The molecule has 2 rings (SSSR count). The molecule has 0 aromatic heterocycles. The summed E-state index contributed by atoms with van der Waals surface area (Å²) in [5.74, 6) is -1.04.